The molecule has 0 saturated heterocycles. The summed E-state index contributed by atoms with van der Waals surface area (Å²) in [5, 5.41) is 2.18. The quantitative estimate of drug-likeness (QED) is 0.443. The van der Waals surface area contributed by atoms with Crippen molar-refractivity contribution in [3.05, 3.63) is 45.8 Å². The van der Waals surface area contributed by atoms with E-state index in [1.54, 1.807) is 4.50 Å². The van der Waals surface area contributed by atoms with Crippen LogP contribution in [0.25, 0.3) is 0 Å². The number of aryl methyl sites for hydroxylation is 1. The first-order chi connectivity index (χ1) is 10.7. The van der Waals surface area contributed by atoms with Crippen LogP contribution in [0.15, 0.2) is 23.6 Å². The van der Waals surface area contributed by atoms with Crippen LogP contribution in [0.4, 0.5) is 0 Å². The fourth-order valence-corrected chi connectivity index (χ4v) is 6.88. The number of benzene rings is 1. The fraction of sp³-hybridized carbons (Fsp3) is 0.421. The van der Waals surface area contributed by atoms with Crippen molar-refractivity contribution in [1.82, 2.24) is 0 Å². The van der Waals surface area contributed by atoms with Crippen LogP contribution in [0.3, 0.4) is 0 Å². The van der Waals surface area contributed by atoms with Gasteiger partial charge in [-0.3, -0.25) is 4.79 Å². The fourth-order valence-electron chi connectivity index (χ4n) is 2.97. The Morgan fingerprint density at radius 1 is 1.22 bits per heavy atom. The van der Waals surface area contributed by atoms with Gasteiger partial charge < -0.3 is 4.74 Å². The molecule has 0 unspecified atom stereocenters. The molecule has 1 aromatic carbocycles. The maximum Gasteiger partial charge on any atom is 0.308 e. The average Bonchev–Trinajstić information content (AvgIpc) is 2.98. The van der Waals surface area contributed by atoms with Gasteiger partial charge in [-0.2, -0.15) is 11.3 Å². The predicted molar refractivity (Wildman–Crippen MR) is 102 cm³/mol. The van der Waals surface area contributed by atoms with Gasteiger partial charge in [0, 0.05) is 6.92 Å². The molecule has 0 radical (unpaired) electrons. The van der Waals surface area contributed by atoms with Crippen molar-refractivity contribution < 1.29 is 9.53 Å². The second-order valence-electron chi connectivity index (χ2n) is 6.87. The number of hydrogen-bond acceptors (Lipinski definition) is 3. The molecular weight excluding hydrogens is 320 g/mol. The van der Waals surface area contributed by atoms with Crippen LogP contribution in [0.5, 0.6) is 5.75 Å². The summed E-state index contributed by atoms with van der Waals surface area (Å²) >= 11 is 1.89. The molecule has 0 spiro atoms. The maximum absolute atomic E-state index is 11.2. The van der Waals surface area contributed by atoms with Gasteiger partial charge in [0.2, 0.25) is 0 Å². The highest BCUT2D eigenvalue weighted by Gasteiger charge is 2.25. The third-order valence-electron chi connectivity index (χ3n) is 4.65. The summed E-state index contributed by atoms with van der Waals surface area (Å²) in [6, 6.07) is 7.69. The Morgan fingerprint density at radius 2 is 1.91 bits per heavy atom. The predicted octanol–water partition coefficient (Wildman–Crippen LogP) is 4.76. The summed E-state index contributed by atoms with van der Waals surface area (Å²) < 4.78 is 6.91. The van der Waals surface area contributed by atoms with E-state index in [0.29, 0.717) is 5.75 Å². The summed E-state index contributed by atoms with van der Waals surface area (Å²) in [4.78, 5) is 11.2. The van der Waals surface area contributed by atoms with Crippen molar-refractivity contribution >= 4 is 29.9 Å². The molecule has 0 aliphatic carbocycles. The molecule has 2 nitrogen and oxygen atoms in total. The highest BCUT2D eigenvalue weighted by Crippen LogP contribution is 2.30. The molecule has 2 aromatic rings. The Hall–Kier alpha value is -1.39. The van der Waals surface area contributed by atoms with E-state index < -0.39 is 8.07 Å². The van der Waals surface area contributed by atoms with Crippen LogP contribution < -0.4 is 9.24 Å². The van der Waals surface area contributed by atoms with Crippen LogP contribution in [0, 0.1) is 20.8 Å². The van der Waals surface area contributed by atoms with E-state index in [1.807, 2.05) is 24.3 Å². The summed E-state index contributed by atoms with van der Waals surface area (Å²) in [7, 11) is -1.38. The van der Waals surface area contributed by atoms with Gasteiger partial charge in [0.05, 0.1) is 8.07 Å². The zero-order valence-corrected chi connectivity index (χ0v) is 16.8. The lowest BCUT2D eigenvalue weighted by atomic mass is 9.95. The van der Waals surface area contributed by atoms with Gasteiger partial charge >= 0.3 is 5.97 Å². The molecule has 0 bridgehead atoms. The average molecular weight is 347 g/mol. The van der Waals surface area contributed by atoms with Crippen molar-refractivity contribution in [2.75, 3.05) is 0 Å². The molecule has 1 aromatic heterocycles. The molecule has 4 heteroatoms. The molecule has 1 heterocycles. The smallest absolute Gasteiger partial charge is 0.308 e. The minimum atomic E-state index is -1.38. The van der Waals surface area contributed by atoms with E-state index in [2.05, 4.69) is 44.5 Å². The van der Waals surface area contributed by atoms with Crippen molar-refractivity contribution in [2.24, 2.45) is 0 Å². The van der Waals surface area contributed by atoms with Crippen molar-refractivity contribution in [2.45, 2.75) is 53.3 Å². The second kappa shape index (κ2) is 7.01. The van der Waals surface area contributed by atoms with Gasteiger partial charge in [-0.1, -0.05) is 25.2 Å². The van der Waals surface area contributed by atoms with Gasteiger partial charge in [0.15, 0.2) is 0 Å². The highest BCUT2D eigenvalue weighted by atomic mass is 32.1. The lowest BCUT2D eigenvalue weighted by molar-refractivity contribution is -0.131. The monoisotopic (exact) mass is 346 g/mol. The van der Waals surface area contributed by atoms with Crippen LogP contribution >= 0.6 is 11.3 Å². The molecule has 23 heavy (non-hydrogen) atoms. The zero-order chi connectivity index (χ0) is 17.2. The number of ether oxygens (including phenoxy) is 1. The van der Waals surface area contributed by atoms with E-state index in [4.69, 9.17) is 4.74 Å². The molecule has 0 aliphatic rings. The minimum Gasteiger partial charge on any atom is -0.426 e. The Morgan fingerprint density at radius 3 is 2.48 bits per heavy atom. The Bertz CT molecular complexity index is 703. The normalized spacial score (nSPS) is 11.6. The van der Waals surface area contributed by atoms with E-state index in [9.17, 15) is 4.79 Å². The Labute approximate surface area is 144 Å². The van der Waals surface area contributed by atoms with Gasteiger partial charge in [0.1, 0.15) is 5.75 Å². The summed E-state index contributed by atoms with van der Waals surface area (Å²) in [6.45, 7) is 12.7. The molecule has 0 aliphatic heterocycles. The molecule has 2 rings (SSSR count). The first-order valence-electron chi connectivity index (χ1n) is 8.04. The van der Waals surface area contributed by atoms with Crippen LogP contribution in [0.1, 0.15) is 29.2 Å². The van der Waals surface area contributed by atoms with E-state index >= 15 is 0 Å². The Kier molecular flexibility index (Phi) is 5.47. The third-order valence-corrected chi connectivity index (χ3v) is 10.3. The molecule has 0 saturated carbocycles. The number of esters is 1. The second-order valence-corrected chi connectivity index (χ2v) is 13.0. The van der Waals surface area contributed by atoms with Gasteiger partial charge in [-0.15, -0.1) is 0 Å². The maximum atomic E-state index is 11.2. The van der Waals surface area contributed by atoms with Crippen molar-refractivity contribution in [3.8, 4) is 5.75 Å². The largest absolute Gasteiger partial charge is 0.426 e. The lowest BCUT2D eigenvalue weighted by Gasteiger charge is -2.23. The van der Waals surface area contributed by atoms with E-state index in [0.717, 1.165) is 12.0 Å². The van der Waals surface area contributed by atoms with Crippen LogP contribution in [0.2, 0.25) is 19.1 Å². The minimum absolute atomic E-state index is 0.258. The Balaban J connectivity index is 2.24. The first-order valence-corrected chi connectivity index (χ1v) is 12.1. The molecular formula is C19H26O2SSi. The van der Waals surface area contributed by atoms with Crippen molar-refractivity contribution in [3.63, 3.8) is 0 Å². The SMILES string of the molecule is CC(=O)Oc1cc(C)c(CC[Si](C)(C)c2cccs2)c(C)c1C. The molecule has 124 valence electrons. The molecule has 0 N–H and O–H groups in total. The van der Waals surface area contributed by atoms with Crippen LogP contribution in [-0.4, -0.2) is 14.0 Å². The number of rotatable bonds is 5. The highest BCUT2D eigenvalue weighted by molar-refractivity contribution is 7.25. The summed E-state index contributed by atoms with van der Waals surface area (Å²) in [5.74, 6) is 0.442. The van der Waals surface area contributed by atoms with Crippen LogP contribution in [-0.2, 0) is 11.2 Å². The summed E-state index contributed by atoms with van der Waals surface area (Å²) in [6.07, 6.45) is 1.09. The van der Waals surface area contributed by atoms with Gasteiger partial charge in [-0.25, -0.2) is 0 Å². The van der Waals surface area contributed by atoms with E-state index in [-0.39, 0.29) is 5.97 Å². The number of carbonyl (C=O) groups excluding carboxylic acids is 1. The first kappa shape index (κ1) is 18.0. The molecule has 0 amide bonds. The standard InChI is InChI=1S/C19H26O2SSi/c1-13-12-18(21-16(4)20)15(3)14(2)17(13)9-11-23(5,6)19-8-7-10-22-19/h7-8,10,12H,9,11H2,1-6H3. The summed E-state index contributed by atoms with van der Waals surface area (Å²) in [5.41, 5.74) is 4.98. The third kappa shape index (κ3) is 4.12. The van der Waals surface area contributed by atoms with Crippen molar-refractivity contribution in [1.29, 1.82) is 0 Å². The number of thiophene rings is 1. The zero-order valence-electron chi connectivity index (χ0n) is 14.9. The number of carbonyl (C=O) groups is 1. The number of hydrogen-bond donors (Lipinski definition) is 0. The topological polar surface area (TPSA) is 26.3 Å². The van der Waals surface area contributed by atoms with Gasteiger partial charge in [0.25, 0.3) is 0 Å². The van der Waals surface area contributed by atoms with E-state index in [1.165, 1.54) is 29.7 Å². The molecule has 0 fully saturated rings. The lowest BCUT2D eigenvalue weighted by Crippen LogP contribution is -2.39. The molecule has 0 atom stereocenters. The van der Waals surface area contributed by atoms with Gasteiger partial charge in [-0.05, 0) is 71.4 Å².